The number of nitrogens with one attached hydrogen (secondary N) is 1. The minimum absolute atomic E-state index is 0.120. The molecule has 1 aliphatic heterocycles. The van der Waals surface area contributed by atoms with Gasteiger partial charge in [0.1, 0.15) is 0 Å². The first-order chi connectivity index (χ1) is 8.40. The molecule has 104 valence electrons. The lowest BCUT2D eigenvalue weighted by Crippen LogP contribution is -2.66. The number of alkyl halides is 2. The van der Waals surface area contributed by atoms with Gasteiger partial charge in [0.2, 0.25) is 0 Å². The lowest BCUT2D eigenvalue weighted by molar-refractivity contribution is -0.226. The highest BCUT2D eigenvalue weighted by Crippen LogP contribution is 2.51. The van der Waals surface area contributed by atoms with Gasteiger partial charge in [0.05, 0.1) is 12.1 Å². The van der Waals surface area contributed by atoms with E-state index in [1.165, 1.54) is 6.92 Å². The summed E-state index contributed by atoms with van der Waals surface area (Å²) in [5.74, 6) is -5.49. The van der Waals surface area contributed by atoms with Crippen LogP contribution in [0.1, 0.15) is 39.0 Å². The summed E-state index contributed by atoms with van der Waals surface area (Å²) < 4.78 is 32.9. The average Bonchev–Trinajstić information content (AvgIpc) is 2.90. The van der Waals surface area contributed by atoms with Gasteiger partial charge in [-0.2, -0.15) is 8.78 Å². The summed E-state index contributed by atoms with van der Waals surface area (Å²) in [5, 5.41) is 13.4. The summed E-state index contributed by atoms with van der Waals surface area (Å²) in [6.45, 7) is 1.65. The predicted molar refractivity (Wildman–Crippen MR) is 60.3 cm³/mol. The van der Waals surface area contributed by atoms with E-state index in [0.717, 1.165) is 12.8 Å². The molecule has 1 aliphatic carbocycles. The zero-order chi connectivity index (χ0) is 13.4. The Morgan fingerprint density at radius 1 is 1.39 bits per heavy atom. The Morgan fingerprint density at radius 2 is 2.00 bits per heavy atom. The van der Waals surface area contributed by atoms with Crippen LogP contribution in [0, 0.1) is 0 Å². The van der Waals surface area contributed by atoms with Gasteiger partial charge in [-0.1, -0.05) is 12.8 Å². The molecular weight excluding hydrogens is 244 g/mol. The van der Waals surface area contributed by atoms with E-state index >= 15 is 0 Å². The lowest BCUT2D eigenvalue weighted by Gasteiger charge is -2.42. The van der Waals surface area contributed by atoms with Gasteiger partial charge in [0.25, 0.3) is 0 Å². The van der Waals surface area contributed by atoms with Crippen LogP contribution in [0.4, 0.5) is 8.78 Å². The number of hydrogen-bond acceptors (Lipinski definition) is 4. The molecular formula is C12H19F2NO3. The number of rotatable bonds is 3. The molecule has 1 saturated heterocycles. The number of carbonyl (C=O) groups is 1. The highest BCUT2D eigenvalue weighted by molar-refractivity contribution is 5.80. The second-order valence-corrected chi connectivity index (χ2v) is 5.12. The molecule has 2 rings (SSSR count). The van der Waals surface area contributed by atoms with Crippen molar-refractivity contribution in [3.05, 3.63) is 0 Å². The van der Waals surface area contributed by atoms with Gasteiger partial charge in [-0.3, -0.25) is 0 Å². The molecule has 0 aromatic heterocycles. The number of hydrogen-bond donors (Lipinski definition) is 2. The molecule has 0 aromatic carbocycles. The Balaban J connectivity index is 2.31. The number of ether oxygens (including phenoxy) is 1. The standard InChI is InChI=1S/C12H19F2NO3/c1-2-18-9(16)12(13,14)11(17)7-8-15-10(11)5-3-4-6-10/h15,17H,2-8H2,1H3. The number of esters is 1. The third-order valence-electron chi connectivity index (χ3n) is 4.25. The Bertz CT molecular complexity index is 337. The summed E-state index contributed by atoms with van der Waals surface area (Å²) in [5.41, 5.74) is -3.37. The molecule has 18 heavy (non-hydrogen) atoms. The molecule has 0 amide bonds. The summed E-state index contributed by atoms with van der Waals surface area (Å²) in [6, 6.07) is 0. The maximum atomic E-state index is 14.2. The fourth-order valence-corrected chi connectivity index (χ4v) is 3.29. The van der Waals surface area contributed by atoms with Crippen LogP contribution in [-0.2, 0) is 9.53 Å². The van der Waals surface area contributed by atoms with Crippen molar-refractivity contribution in [3.63, 3.8) is 0 Å². The van der Waals surface area contributed by atoms with Crippen LogP contribution in [0.5, 0.6) is 0 Å². The Kier molecular flexibility index (Phi) is 3.36. The highest BCUT2D eigenvalue weighted by Gasteiger charge is 2.71. The van der Waals surface area contributed by atoms with Crippen molar-refractivity contribution in [2.75, 3.05) is 13.2 Å². The van der Waals surface area contributed by atoms with Gasteiger partial charge in [-0.15, -0.1) is 0 Å². The minimum atomic E-state index is -3.86. The fraction of sp³-hybridized carbons (Fsp3) is 0.917. The van der Waals surface area contributed by atoms with Gasteiger partial charge in [-0.05, 0) is 32.7 Å². The largest absolute Gasteiger partial charge is 0.461 e. The van der Waals surface area contributed by atoms with E-state index in [-0.39, 0.29) is 13.0 Å². The van der Waals surface area contributed by atoms with E-state index in [1.54, 1.807) is 0 Å². The number of carbonyl (C=O) groups excluding carboxylic acids is 1. The van der Waals surface area contributed by atoms with Crippen LogP contribution >= 0.6 is 0 Å². The second-order valence-electron chi connectivity index (χ2n) is 5.12. The van der Waals surface area contributed by atoms with E-state index in [0.29, 0.717) is 19.4 Å². The smallest absolute Gasteiger partial charge is 0.380 e. The summed E-state index contributed by atoms with van der Waals surface area (Å²) in [7, 11) is 0. The van der Waals surface area contributed by atoms with Crippen LogP contribution in [0.3, 0.4) is 0 Å². The third kappa shape index (κ3) is 1.66. The molecule has 2 fully saturated rings. The van der Waals surface area contributed by atoms with Gasteiger partial charge in [-0.25, -0.2) is 4.79 Å². The van der Waals surface area contributed by atoms with Crippen molar-refractivity contribution in [1.29, 1.82) is 0 Å². The van der Waals surface area contributed by atoms with Crippen molar-refractivity contribution in [1.82, 2.24) is 5.32 Å². The van der Waals surface area contributed by atoms with E-state index in [2.05, 4.69) is 10.1 Å². The molecule has 1 saturated carbocycles. The van der Waals surface area contributed by atoms with Crippen molar-refractivity contribution >= 4 is 5.97 Å². The van der Waals surface area contributed by atoms with E-state index in [9.17, 15) is 18.7 Å². The quantitative estimate of drug-likeness (QED) is 0.752. The molecule has 4 nitrogen and oxygen atoms in total. The SMILES string of the molecule is CCOC(=O)C(F)(F)C1(O)CCNC12CCCC2. The lowest BCUT2D eigenvalue weighted by atomic mass is 9.75. The predicted octanol–water partition coefficient (Wildman–Crippen LogP) is 1.22. The first kappa shape index (κ1) is 13.7. The van der Waals surface area contributed by atoms with E-state index < -0.39 is 23.0 Å². The third-order valence-corrected chi connectivity index (χ3v) is 4.25. The first-order valence-corrected chi connectivity index (χ1v) is 6.42. The molecule has 0 bridgehead atoms. The van der Waals surface area contributed by atoms with Crippen molar-refractivity contribution in [2.45, 2.75) is 56.1 Å². The summed E-state index contributed by atoms with van der Waals surface area (Å²) in [6.07, 6.45) is 2.39. The summed E-state index contributed by atoms with van der Waals surface area (Å²) in [4.78, 5) is 11.4. The number of aliphatic hydroxyl groups is 1. The molecule has 6 heteroatoms. The van der Waals surface area contributed by atoms with Crippen LogP contribution in [0.25, 0.3) is 0 Å². The van der Waals surface area contributed by atoms with Crippen molar-refractivity contribution in [2.24, 2.45) is 0 Å². The van der Waals surface area contributed by atoms with Crippen LogP contribution in [0.15, 0.2) is 0 Å². The molecule has 1 unspecified atom stereocenters. The average molecular weight is 263 g/mol. The molecule has 2 N–H and O–H groups in total. The normalized spacial score (nSPS) is 30.9. The van der Waals surface area contributed by atoms with Crippen LogP contribution in [-0.4, -0.2) is 41.3 Å². The second kappa shape index (κ2) is 4.42. The van der Waals surface area contributed by atoms with E-state index in [4.69, 9.17) is 0 Å². The van der Waals surface area contributed by atoms with Gasteiger partial charge < -0.3 is 15.2 Å². The van der Waals surface area contributed by atoms with Crippen molar-refractivity contribution < 1.29 is 23.4 Å². The van der Waals surface area contributed by atoms with E-state index in [1.807, 2.05) is 0 Å². The van der Waals surface area contributed by atoms with Gasteiger partial charge in [0, 0.05) is 0 Å². The maximum absolute atomic E-state index is 14.2. The topological polar surface area (TPSA) is 58.6 Å². The zero-order valence-corrected chi connectivity index (χ0v) is 10.5. The first-order valence-electron chi connectivity index (χ1n) is 6.42. The van der Waals surface area contributed by atoms with Crippen LogP contribution < -0.4 is 5.32 Å². The van der Waals surface area contributed by atoms with Gasteiger partial charge in [0.15, 0.2) is 5.60 Å². The summed E-state index contributed by atoms with van der Waals surface area (Å²) >= 11 is 0. The van der Waals surface area contributed by atoms with Gasteiger partial charge >= 0.3 is 11.9 Å². The molecule has 1 heterocycles. The monoisotopic (exact) mass is 263 g/mol. The zero-order valence-electron chi connectivity index (χ0n) is 10.5. The Hall–Kier alpha value is -0.750. The molecule has 1 atom stereocenters. The Morgan fingerprint density at radius 3 is 2.56 bits per heavy atom. The fourth-order valence-electron chi connectivity index (χ4n) is 3.29. The van der Waals surface area contributed by atoms with Crippen LogP contribution in [0.2, 0.25) is 0 Å². The minimum Gasteiger partial charge on any atom is -0.461 e. The maximum Gasteiger partial charge on any atom is 0.380 e. The molecule has 2 aliphatic rings. The Labute approximate surface area is 105 Å². The number of halogens is 2. The highest BCUT2D eigenvalue weighted by atomic mass is 19.3. The van der Waals surface area contributed by atoms with Crippen molar-refractivity contribution in [3.8, 4) is 0 Å². The molecule has 1 spiro atoms. The molecule has 0 aromatic rings. The molecule has 0 radical (unpaired) electrons.